The quantitative estimate of drug-likeness (QED) is 0.266. The molecule has 1 aromatic heterocycles. The van der Waals surface area contributed by atoms with Gasteiger partial charge in [0.05, 0.1) is 35.7 Å². The molecule has 5 rings (SSSR count). The minimum atomic E-state index is -0.828. The van der Waals surface area contributed by atoms with Gasteiger partial charge >= 0.3 is 5.97 Å². The van der Waals surface area contributed by atoms with Crippen molar-refractivity contribution in [3.63, 3.8) is 0 Å². The molecule has 0 atom stereocenters. The predicted molar refractivity (Wildman–Crippen MR) is 145 cm³/mol. The number of aromatic hydroxyl groups is 1. The van der Waals surface area contributed by atoms with E-state index in [-0.39, 0.29) is 12.3 Å². The molecular formula is C29H28ClN3O4. The van der Waals surface area contributed by atoms with Crippen LogP contribution in [0, 0.1) is 0 Å². The van der Waals surface area contributed by atoms with Gasteiger partial charge in [0.1, 0.15) is 0 Å². The maximum Gasteiger partial charge on any atom is 0.303 e. The number of rotatable bonds is 8. The Morgan fingerprint density at radius 1 is 1.00 bits per heavy atom. The fraction of sp³-hybridized carbons (Fsp3) is 0.241. The highest BCUT2D eigenvalue weighted by molar-refractivity contribution is 6.31. The van der Waals surface area contributed by atoms with Crippen LogP contribution in [0.1, 0.15) is 28.7 Å². The number of hydrogen-bond acceptors (Lipinski definition) is 5. The minimum Gasteiger partial charge on any atom is -0.494 e. The Morgan fingerprint density at radius 3 is 2.41 bits per heavy atom. The van der Waals surface area contributed by atoms with Crippen LogP contribution in [-0.2, 0) is 22.5 Å². The van der Waals surface area contributed by atoms with Crippen LogP contribution in [0.4, 0.5) is 5.69 Å². The molecule has 4 aromatic rings. The Bertz CT molecular complexity index is 1420. The van der Waals surface area contributed by atoms with E-state index < -0.39 is 5.97 Å². The first kappa shape index (κ1) is 25.0. The minimum absolute atomic E-state index is 0.00917. The van der Waals surface area contributed by atoms with Gasteiger partial charge in [-0.25, -0.2) is 4.99 Å². The van der Waals surface area contributed by atoms with Gasteiger partial charge in [0.25, 0.3) is 0 Å². The lowest BCUT2D eigenvalue weighted by molar-refractivity contribution is -0.136. The van der Waals surface area contributed by atoms with E-state index in [1.807, 2.05) is 42.5 Å². The molecule has 3 aromatic carbocycles. The normalized spacial score (nSPS) is 14.8. The number of morpholine rings is 1. The average Bonchev–Trinajstić information content (AvgIpc) is 3.22. The molecule has 2 heterocycles. The number of aryl methyl sites for hydroxylation is 1. The molecule has 3 N–H and O–H groups in total. The second-order valence-electron chi connectivity index (χ2n) is 9.14. The van der Waals surface area contributed by atoms with Crippen LogP contribution in [0.5, 0.6) is 5.88 Å². The number of carboxylic acid groups (broad SMARTS) is 1. The van der Waals surface area contributed by atoms with Gasteiger partial charge in [-0.15, -0.1) is 0 Å². The number of benzene rings is 3. The zero-order valence-corrected chi connectivity index (χ0v) is 21.0. The Labute approximate surface area is 220 Å². The molecule has 0 radical (unpaired) electrons. The number of aromatic nitrogens is 1. The Kier molecular flexibility index (Phi) is 7.55. The summed E-state index contributed by atoms with van der Waals surface area (Å²) in [5.41, 5.74) is 5.61. The van der Waals surface area contributed by atoms with Crippen molar-refractivity contribution < 1.29 is 19.7 Å². The summed E-state index contributed by atoms with van der Waals surface area (Å²) in [7, 11) is 0. The van der Waals surface area contributed by atoms with E-state index in [0.29, 0.717) is 28.2 Å². The number of nitrogens with zero attached hydrogens (tertiary/aromatic N) is 2. The number of nitrogens with one attached hydrogen (secondary N) is 1. The Hall–Kier alpha value is -3.65. The van der Waals surface area contributed by atoms with Gasteiger partial charge in [-0.05, 0) is 41.8 Å². The summed E-state index contributed by atoms with van der Waals surface area (Å²) >= 11 is 6.18. The highest BCUT2D eigenvalue weighted by Crippen LogP contribution is 2.33. The number of ether oxygens (including phenoxy) is 1. The monoisotopic (exact) mass is 517 g/mol. The number of aliphatic carboxylic acids is 1. The van der Waals surface area contributed by atoms with Crippen molar-refractivity contribution >= 4 is 39.9 Å². The van der Waals surface area contributed by atoms with Crippen molar-refractivity contribution in [3.05, 3.63) is 94.0 Å². The summed E-state index contributed by atoms with van der Waals surface area (Å²) in [6.07, 6.45) is 0.518. The summed E-state index contributed by atoms with van der Waals surface area (Å²) in [5, 5.41) is 21.3. The third-order valence-corrected chi connectivity index (χ3v) is 6.75. The molecule has 0 saturated carbocycles. The standard InChI is InChI=1S/C29H28ClN3O4/c30-22-8-11-24-25(17-22)32-29(36)27(24)28(21-6-1-19(2-7-21)5-12-26(34)35)31-23-9-3-20(4-10-23)18-33-13-15-37-16-14-33/h1-4,6-11,17,32,36H,5,12-16,18H2,(H,34,35). The second-order valence-corrected chi connectivity index (χ2v) is 9.58. The number of fused-ring (bicyclic) bond motifs is 1. The van der Waals surface area contributed by atoms with Crippen LogP contribution in [0.3, 0.4) is 0 Å². The van der Waals surface area contributed by atoms with Gasteiger partial charge in [0.15, 0.2) is 5.88 Å². The van der Waals surface area contributed by atoms with E-state index in [4.69, 9.17) is 26.4 Å². The molecule has 0 amide bonds. The zero-order chi connectivity index (χ0) is 25.8. The summed E-state index contributed by atoms with van der Waals surface area (Å²) in [4.78, 5) is 21.3. The van der Waals surface area contributed by atoms with Crippen LogP contribution < -0.4 is 0 Å². The lowest BCUT2D eigenvalue weighted by Crippen LogP contribution is -2.35. The Morgan fingerprint density at radius 2 is 1.70 bits per heavy atom. The van der Waals surface area contributed by atoms with Crippen molar-refractivity contribution in [1.82, 2.24) is 9.88 Å². The van der Waals surface area contributed by atoms with E-state index in [0.717, 1.165) is 55.0 Å². The third kappa shape index (κ3) is 6.02. The number of halogens is 1. The fourth-order valence-electron chi connectivity index (χ4n) is 4.56. The van der Waals surface area contributed by atoms with Crippen LogP contribution in [-0.4, -0.2) is 58.1 Å². The predicted octanol–water partition coefficient (Wildman–Crippen LogP) is 5.55. The maximum absolute atomic E-state index is 11.0. The van der Waals surface area contributed by atoms with Gasteiger partial charge in [0.2, 0.25) is 0 Å². The largest absolute Gasteiger partial charge is 0.494 e. The highest BCUT2D eigenvalue weighted by Gasteiger charge is 2.19. The summed E-state index contributed by atoms with van der Waals surface area (Å²) in [6.45, 7) is 4.25. The van der Waals surface area contributed by atoms with Crippen molar-refractivity contribution in [2.45, 2.75) is 19.4 Å². The first-order valence-corrected chi connectivity index (χ1v) is 12.6. The number of aromatic amines is 1. The zero-order valence-electron chi connectivity index (χ0n) is 20.3. The molecule has 37 heavy (non-hydrogen) atoms. The molecule has 1 fully saturated rings. The molecule has 1 aliphatic rings. The smallest absolute Gasteiger partial charge is 0.303 e. The van der Waals surface area contributed by atoms with Gasteiger partial charge in [-0.3, -0.25) is 9.69 Å². The van der Waals surface area contributed by atoms with Crippen molar-refractivity contribution in [2.24, 2.45) is 4.99 Å². The molecule has 7 nitrogen and oxygen atoms in total. The first-order valence-electron chi connectivity index (χ1n) is 12.3. The number of carbonyl (C=O) groups is 1. The van der Waals surface area contributed by atoms with E-state index >= 15 is 0 Å². The van der Waals surface area contributed by atoms with Gasteiger partial charge in [-0.1, -0.05) is 54.1 Å². The summed E-state index contributed by atoms with van der Waals surface area (Å²) in [6, 6.07) is 21.2. The van der Waals surface area contributed by atoms with E-state index in [1.165, 1.54) is 5.56 Å². The molecule has 8 heteroatoms. The average molecular weight is 518 g/mol. The van der Waals surface area contributed by atoms with Crippen LogP contribution in [0.25, 0.3) is 10.9 Å². The second kappa shape index (κ2) is 11.2. The van der Waals surface area contributed by atoms with Crippen LogP contribution >= 0.6 is 11.6 Å². The van der Waals surface area contributed by atoms with E-state index in [1.54, 1.807) is 12.1 Å². The number of carboxylic acids is 1. The first-order chi connectivity index (χ1) is 18.0. The van der Waals surface area contributed by atoms with E-state index in [2.05, 4.69) is 22.0 Å². The lowest BCUT2D eigenvalue weighted by atomic mass is 9.98. The number of H-pyrrole nitrogens is 1. The molecule has 1 aliphatic heterocycles. The van der Waals surface area contributed by atoms with Gasteiger partial charge < -0.3 is 19.9 Å². The van der Waals surface area contributed by atoms with Crippen LogP contribution in [0.15, 0.2) is 71.7 Å². The summed E-state index contributed by atoms with van der Waals surface area (Å²) < 4.78 is 5.44. The number of aliphatic imine (C=N–C) groups is 1. The molecule has 1 saturated heterocycles. The van der Waals surface area contributed by atoms with Crippen molar-refractivity contribution in [1.29, 1.82) is 0 Å². The van der Waals surface area contributed by atoms with E-state index in [9.17, 15) is 9.90 Å². The van der Waals surface area contributed by atoms with Gasteiger partial charge in [-0.2, -0.15) is 0 Å². The number of hydrogen-bond donors (Lipinski definition) is 3. The maximum atomic E-state index is 11.0. The summed E-state index contributed by atoms with van der Waals surface area (Å²) in [5.74, 6) is -0.819. The molecule has 0 aliphatic carbocycles. The highest BCUT2D eigenvalue weighted by atomic mass is 35.5. The molecular weight excluding hydrogens is 490 g/mol. The SMILES string of the molecule is O=C(O)CCc1ccc(C(=Nc2ccc(CN3CCOCC3)cc2)c2c(O)[nH]c3cc(Cl)ccc23)cc1. The molecule has 0 bridgehead atoms. The van der Waals surface area contributed by atoms with Crippen molar-refractivity contribution in [3.8, 4) is 5.88 Å². The topological polar surface area (TPSA) is 98.2 Å². The molecule has 0 unspecified atom stereocenters. The molecule has 190 valence electrons. The fourth-order valence-corrected chi connectivity index (χ4v) is 4.74. The van der Waals surface area contributed by atoms with Crippen LogP contribution in [0.2, 0.25) is 5.02 Å². The molecule has 0 spiro atoms. The van der Waals surface area contributed by atoms with Crippen molar-refractivity contribution in [2.75, 3.05) is 26.3 Å². The third-order valence-electron chi connectivity index (χ3n) is 6.52. The van der Waals surface area contributed by atoms with Gasteiger partial charge in [0, 0.05) is 42.0 Å². The lowest BCUT2D eigenvalue weighted by Gasteiger charge is -2.26. The Balaban J connectivity index is 1.51.